The maximum absolute atomic E-state index is 12.1. The van der Waals surface area contributed by atoms with Crippen LogP contribution in [0.15, 0.2) is 65.4 Å². The monoisotopic (exact) mass is 383 g/mol. The first-order chi connectivity index (χ1) is 11.6. The molecule has 0 bridgehead atoms. The highest BCUT2D eigenvalue weighted by molar-refractivity contribution is 9.10. The average molecular weight is 384 g/mol. The van der Waals surface area contributed by atoms with Crippen molar-refractivity contribution in [1.29, 1.82) is 0 Å². The maximum Gasteiger partial charge on any atom is 0.224 e. The van der Waals surface area contributed by atoms with Crippen LogP contribution in [0.3, 0.4) is 0 Å². The number of halogens is 1. The van der Waals surface area contributed by atoms with Gasteiger partial charge in [0.05, 0.1) is 6.42 Å². The molecular weight excluding hydrogens is 366 g/mol. The van der Waals surface area contributed by atoms with Gasteiger partial charge in [0, 0.05) is 29.1 Å². The smallest absolute Gasteiger partial charge is 0.224 e. The molecule has 0 aliphatic heterocycles. The van der Waals surface area contributed by atoms with Gasteiger partial charge in [0.25, 0.3) is 0 Å². The molecule has 1 aromatic heterocycles. The summed E-state index contributed by atoms with van der Waals surface area (Å²) < 4.78 is 3.01. The minimum absolute atomic E-state index is 0.0163. The number of aryl methyl sites for hydroxylation is 1. The van der Waals surface area contributed by atoms with Gasteiger partial charge in [-0.25, -0.2) is 4.98 Å². The molecule has 1 heterocycles. The predicted octanol–water partition coefficient (Wildman–Crippen LogP) is 3.80. The molecule has 0 saturated heterocycles. The lowest BCUT2D eigenvalue weighted by atomic mass is 10.1. The third-order valence-electron chi connectivity index (χ3n) is 3.78. The molecule has 0 radical (unpaired) electrons. The summed E-state index contributed by atoms with van der Waals surface area (Å²) in [6, 6.07) is 15.9. The van der Waals surface area contributed by atoms with E-state index < -0.39 is 0 Å². The Kier molecular flexibility index (Phi) is 5.11. The fraction of sp³-hybridized carbons (Fsp3) is 0.158. The van der Waals surface area contributed by atoms with Gasteiger partial charge in [-0.2, -0.15) is 0 Å². The van der Waals surface area contributed by atoms with Crippen molar-refractivity contribution in [3.8, 4) is 5.69 Å². The number of aromatic nitrogens is 2. The maximum atomic E-state index is 12.1. The Morgan fingerprint density at radius 2 is 1.96 bits per heavy atom. The van der Waals surface area contributed by atoms with Crippen LogP contribution in [0.4, 0.5) is 0 Å². The zero-order valence-corrected chi connectivity index (χ0v) is 15.0. The third-order valence-corrected chi connectivity index (χ3v) is 4.28. The molecule has 122 valence electrons. The summed E-state index contributed by atoms with van der Waals surface area (Å²) in [5, 5.41) is 2.96. The molecule has 0 atom stereocenters. The largest absolute Gasteiger partial charge is 0.352 e. The first kappa shape index (κ1) is 16.5. The van der Waals surface area contributed by atoms with Crippen molar-refractivity contribution in [1.82, 2.24) is 14.9 Å². The van der Waals surface area contributed by atoms with Crippen molar-refractivity contribution >= 4 is 21.8 Å². The Labute approximate surface area is 149 Å². The average Bonchev–Trinajstić information content (AvgIpc) is 2.99. The second-order valence-corrected chi connectivity index (χ2v) is 6.51. The number of hydrogen-bond acceptors (Lipinski definition) is 2. The van der Waals surface area contributed by atoms with E-state index >= 15 is 0 Å². The van der Waals surface area contributed by atoms with Crippen LogP contribution < -0.4 is 5.32 Å². The number of carbonyl (C=O) groups excluding carboxylic acids is 1. The van der Waals surface area contributed by atoms with Crippen molar-refractivity contribution in [3.05, 3.63) is 82.3 Å². The van der Waals surface area contributed by atoms with E-state index in [4.69, 9.17) is 0 Å². The summed E-state index contributed by atoms with van der Waals surface area (Å²) in [6.07, 6.45) is 4.10. The molecule has 0 aliphatic rings. The number of nitrogens with zero attached hydrogens (tertiary/aromatic N) is 2. The van der Waals surface area contributed by atoms with Crippen LogP contribution in [0.25, 0.3) is 5.69 Å². The lowest BCUT2D eigenvalue weighted by Crippen LogP contribution is -2.24. The number of benzene rings is 2. The van der Waals surface area contributed by atoms with Gasteiger partial charge in [0.15, 0.2) is 0 Å². The number of hydrogen-bond donors (Lipinski definition) is 1. The van der Waals surface area contributed by atoms with Gasteiger partial charge < -0.3 is 9.88 Å². The summed E-state index contributed by atoms with van der Waals surface area (Å²) in [5.74, 6) is 0.965. The van der Waals surface area contributed by atoms with Crippen LogP contribution >= 0.6 is 15.9 Å². The molecule has 5 heteroatoms. The first-order valence-corrected chi connectivity index (χ1v) is 8.51. The zero-order chi connectivity index (χ0) is 16.9. The highest BCUT2D eigenvalue weighted by Gasteiger charge is 2.05. The molecule has 1 amide bonds. The number of rotatable bonds is 5. The first-order valence-electron chi connectivity index (χ1n) is 7.72. The minimum Gasteiger partial charge on any atom is -0.352 e. The molecule has 1 N–H and O–H groups in total. The van der Waals surface area contributed by atoms with E-state index in [9.17, 15) is 4.79 Å². The van der Waals surface area contributed by atoms with Crippen molar-refractivity contribution in [3.63, 3.8) is 0 Å². The van der Waals surface area contributed by atoms with Gasteiger partial charge >= 0.3 is 0 Å². The van der Waals surface area contributed by atoms with Crippen LogP contribution in [0.1, 0.15) is 17.0 Å². The molecule has 0 fully saturated rings. The number of carbonyl (C=O) groups is 1. The molecule has 4 nitrogen and oxygen atoms in total. The number of nitrogens with one attached hydrogen (secondary N) is 1. The van der Waals surface area contributed by atoms with E-state index in [-0.39, 0.29) is 5.91 Å². The van der Waals surface area contributed by atoms with E-state index in [1.807, 2.05) is 66.2 Å². The molecule has 3 rings (SSSR count). The third kappa shape index (κ3) is 4.11. The van der Waals surface area contributed by atoms with Gasteiger partial charge in [-0.05, 0) is 42.3 Å². The summed E-state index contributed by atoms with van der Waals surface area (Å²) >= 11 is 3.42. The van der Waals surface area contributed by atoms with Gasteiger partial charge in [-0.1, -0.05) is 40.2 Å². The van der Waals surface area contributed by atoms with Crippen LogP contribution in [0.5, 0.6) is 0 Å². The molecule has 2 aromatic carbocycles. The Morgan fingerprint density at radius 3 is 2.62 bits per heavy atom. The summed E-state index contributed by atoms with van der Waals surface area (Å²) in [6.45, 7) is 2.49. The fourth-order valence-corrected chi connectivity index (χ4v) is 2.97. The zero-order valence-electron chi connectivity index (χ0n) is 13.4. The minimum atomic E-state index is 0.0163. The second-order valence-electron chi connectivity index (χ2n) is 5.59. The standard InChI is InChI=1S/C19H18BrN3O/c1-14-21-9-10-23(14)18-7-5-15(6-8-18)13-22-19(24)12-16-3-2-4-17(20)11-16/h2-11H,12-13H2,1H3,(H,22,24). The molecule has 24 heavy (non-hydrogen) atoms. The topological polar surface area (TPSA) is 46.9 Å². The highest BCUT2D eigenvalue weighted by Crippen LogP contribution is 2.13. The molecular formula is C19H18BrN3O. The van der Waals surface area contributed by atoms with Crippen LogP contribution in [-0.4, -0.2) is 15.5 Å². The van der Waals surface area contributed by atoms with E-state index in [1.165, 1.54) is 0 Å². The van der Waals surface area contributed by atoms with Crippen molar-refractivity contribution < 1.29 is 4.79 Å². The highest BCUT2D eigenvalue weighted by atomic mass is 79.9. The second kappa shape index (κ2) is 7.45. The van der Waals surface area contributed by atoms with Crippen LogP contribution in [0, 0.1) is 6.92 Å². The fourth-order valence-electron chi connectivity index (χ4n) is 2.52. The van der Waals surface area contributed by atoms with Gasteiger partial charge in [-0.3, -0.25) is 4.79 Å². The van der Waals surface area contributed by atoms with E-state index in [0.717, 1.165) is 27.1 Å². The SMILES string of the molecule is Cc1nccn1-c1ccc(CNC(=O)Cc2cccc(Br)c2)cc1. The quantitative estimate of drug-likeness (QED) is 0.728. The van der Waals surface area contributed by atoms with Crippen molar-refractivity contribution in [2.45, 2.75) is 19.9 Å². The summed E-state index contributed by atoms with van der Waals surface area (Å²) in [5.41, 5.74) is 3.13. The lowest BCUT2D eigenvalue weighted by molar-refractivity contribution is -0.120. The molecule has 0 aliphatic carbocycles. The van der Waals surface area contributed by atoms with Gasteiger partial charge in [-0.15, -0.1) is 0 Å². The predicted molar refractivity (Wildman–Crippen MR) is 98.0 cm³/mol. The Hall–Kier alpha value is -2.40. The van der Waals surface area contributed by atoms with Crippen LogP contribution in [0.2, 0.25) is 0 Å². The van der Waals surface area contributed by atoms with Crippen molar-refractivity contribution in [2.24, 2.45) is 0 Å². The van der Waals surface area contributed by atoms with E-state index in [2.05, 4.69) is 26.2 Å². The molecule has 3 aromatic rings. The van der Waals surface area contributed by atoms with E-state index in [0.29, 0.717) is 13.0 Å². The number of amides is 1. The molecule has 0 spiro atoms. The Morgan fingerprint density at radius 1 is 1.17 bits per heavy atom. The Bertz CT molecular complexity index is 840. The van der Waals surface area contributed by atoms with Gasteiger partial charge in [0.2, 0.25) is 5.91 Å². The van der Waals surface area contributed by atoms with E-state index in [1.54, 1.807) is 6.20 Å². The molecule has 0 unspecified atom stereocenters. The normalized spacial score (nSPS) is 10.6. The van der Waals surface area contributed by atoms with Crippen molar-refractivity contribution in [2.75, 3.05) is 0 Å². The van der Waals surface area contributed by atoms with Gasteiger partial charge in [0.1, 0.15) is 5.82 Å². The van der Waals surface area contributed by atoms with Crippen LogP contribution in [-0.2, 0) is 17.8 Å². The summed E-state index contributed by atoms with van der Waals surface area (Å²) in [7, 11) is 0. The summed E-state index contributed by atoms with van der Waals surface area (Å²) in [4.78, 5) is 16.3. The lowest BCUT2D eigenvalue weighted by Gasteiger charge is -2.08. The number of imidazole rings is 1. The molecule has 0 saturated carbocycles. The Balaban J connectivity index is 1.57.